The molecule has 102 valence electrons. The van der Waals surface area contributed by atoms with E-state index < -0.39 is 5.72 Å². The van der Waals surface area contributed by atoms with Gasteiger partial charge in [-0.25, -0.2) is 15.7 Å². The van der Waals surface area contributed by atoms with Crippen molar-refractivity contribution in [3.63, 3.8) is 0 Å². The maximum atomic E-state index is 5.92. The maximum absolute atomic E-state index is 5.92. The van der Waals surface area contributed by atoms with Gasteiger partial charge in [-0.15, -0.1) is 5.17 Å². The molecule has 5 heteroatoms. The molecule has 1 unspecified atom stereocenters. The maximum Gasteiger partial charge on any atom is 0.237 e. The summed E-state index contributed by atoms with van der Waals surface area (Å²) >= 11 is 0. The Morgan fingerprint density at radius 3 is 2.84 bits per heavy atom. The van der Waals surface area contributed by atoms with Gasteiger partial charge < -0.3 is 5.32 Å². The van der Waals surface area contributed by atoms with Gasteiger partial charge in [0.2, 0.25) is 11.7 Å². The van der Waals surface area contributed by atoms with E-state index in [1.165, 1.54) is 10.7 Å². The molecule has 5 nitrogen and oxygen atoms in total. The third-order valence-electron chi connectivity index (χ3n) is 3.40. The molecule has 1 aliphatic heterocycles. The minimum absolute atomic E-state index is 0.108. The lowest BCUT2D eigenvalue weighted by atomic mass is 10.1. The largest absolute Gasteiger partial charge is 0.349 e. The Kier molecular flexibility index (Phi) is 2.59. The van der Waals surface area contributed by atoms with Crippen molar-refractivity contribution in [2.24, 2.45) is 10.8 Å². The van der Waals surface area contributed by atoms with Gasteiger partial charge in [0.1, 0.15) is 0 Å². The normalized spacial score (nSPS) is 25.7. The average Bonchev–Trinajstić information content (AvgIpc) is 2.81. The lowest BCUT2D eigenvalue weighted by molar-refractivity contribution is -0.187. The fourth-order valence-electron chi connectivity index (χ4n) is 2.63. The monoisotopic (exact) mass is 260 g/mol. The Labute approximate surface area is 113 Å². The number of hydrogen-bond acceptors (Lipinski definition) is 5. The number of benzene rings is 1. The highest BCUT2D eigenvalue weighted by molar-refractivity contribution is 5.81. The van der Waals surface area contributed by atoms with Crippen LogP contribution in [0.3, 0.4) is 0 Å². The molecular weight excluding hydrogens is 240 g/mol. The van der Waals surface area contributed by atoms with Crippen LogP contribution in [0.2, 0.25) is 0 Å². The van der Waals surface area contributed by atoms with Crippen LogP contribution in [0.1, 0.15) is 38.3 Å². The molecule has 0 aromatic heterocycles. The van der Waals surface area contributed by atoms with Crippen molar-refractivity contribution in [2.75, 3.05) is 0 Å². The molecule has 2 aliphatic rings. The highest BCUT2D eigenvalue weighted by Crippen LogP contribution is 2.43. The summed E-state index contributed by atoms with van der Waals surface area (Å²) in [7, 11) is 0. The molecule has 0 fully saturated rings. The zero-order chi connectivity index (χ0) is 13.7. The molecule has 19 heavy (non-hydrogen) atoms. The van der Waals surface area contributed by atoms with Crippen LogP contribution in [0.15, 0.2) is 29.3 Å². The first kappa shape index (κ1) is 12.4. The molecular formula is C14H20N4O. The van der Waals surface area contributed by atoms with Gasteiger partial charge in [-0.05, 0) is 32.8 Å². The summed E-state index contributed by atoms with van der Waals surface area (Å²) in [5.74, 6) is 6.50. The molecule has 0 saturated heterocycles. The Bertz CT molecular complexity index is 534. The smallest absolute Gasteiger partial charge is 0.237 e. The minimum atomic E-state index is -0.640. The number of guanidine groups is 1. The number of fused-ring (bicyclic) bond motifs is 2. The fraction of sp³-hybridized carbons (Fsp3) is 0.500. The number of hydroxylamine groups is 1. The van der Waals surface area contributed by atoms with Crippen molar-refractivity contribution in [1.29, 1.82) is 0 Å². The number of nitrogens with zero attached hydrogens (tertiary/aromatic N) is 2. The molecule has 1 atom stereocenters. The Hall–Kier alpha value is -1.59. The average molecular weight is 260 g/mol. The third kappa shape index (κ3) is 2.09. The molecule has 1 aliphatic carbocycles. The number of hydrogen-bond donors (Lipinski definition) is 2. The molecule has 1 aromatic carbocycles. The van der Waals surface area contributed by atoms with E-state index in [1.807, 2.05) is 12.1 Å². The zero-order valence-corrected chi connectivity index (χ0v) is 11.6. The summed E-state index contributed by atoms with van der Waals surface area (Å²) in [5, 5.41) is 4.53. The van der Waals surface area contributed by atoms with E-state index in [2.05, 4.69) is 38.2 Å². The number of aliphatic imine (C=N–C) groups is 1. The second-order valence-corrected chi connectivity index (χ2v) is 6.17. The zero-order valence-electron chi connectivity index (χ0n) is 11.6. The highest BCUT2D eigenvalue weighted by Gasteiger charge is 2.47. The Morgan fingerprint density at radius 2 is 2.11 bits per heavy atom. The van der Waals surface area contributed by atoms with Crippen molar-refractivity contribution in [3.8, 4) is 0 Å². The molecule has 1 spiro atoms. The van der Waals surface area contributed by atoms with Crippen LogP contribution >= 0.6 is 0 Å². The molecule has 1 aromatic rings. The summed E-state index contributed by atoms with van der Waals surface area (Å²) in [6, 6.07) is 8.25. The quantitative estimate of drug-likeness (QED) is 0.696. The van der Waals surface area contributed by atoms with Crippen LogP contribution in [-0.4, -0.2) is 16.7 Å². The fourth-order valence-corrected chi connectivity index (χ4v) is 2.63. The first-order valence-corrected chi connectivity index (χ1v) is 6.60. The molecule has 0 radical (unpaired) electrons. The first-order valence-electron chi connectivity index (χ1n) is 6.60. The van der Waals surface area contributed by atoms with Crippen molar-refractivity contribution in [2.45, 2.75) is 44.9 Å². The van der Waals surface area contributed by atoms with E-state index in [9.17, 15) is 0 Å². The SMILES string of the molecule is CC(C)(C)NC1=NC2(CCc3ccccc32)ON1N. The molecule has 0 saturated carbocycles. The van der Waals surface area contributed by atoms with E-state index in [-0.39, 0.29) is 5.54 Å². The lowest BCUT2D eigenvalue weighted by Gasteiger charge is -2.24. The van der Waals surface area contributed by atoms with E-state index in [0.29, 0.717) is 5.96 Å². The summed E-state index contributed by atoms with van der Waals surface area (Å²) in [6.45, 7) is 6.20. The number of nitrogens with two attached hydrogens (primary N) is 1. The topological polar surface area (TPSA) is 62.9 Å². The second kappa shape index (κ2) is 3.95. The molecule has 1 heterocycles. The summed E-state index contributed by atoms with van der Waals surface area (Å²) in [4.78, 5) is 10.6. The third-order valence-corrected chi connectivity index (χ3v) is 3.40. The van der Waals surface area contributed by atoms with Crippen molar-refractivity contribution >= 4 is 5.96 Å². The summed E-state index contributed by atoms with van der Waals surface area (Å²) < 4.78 is 0. The molecule has 0 amide bonds. The van der Waals surface area contributed by atoms with Gasteiger partial charge in [0.15, 0.2) is 0 Å². The standard InChI is InChI=1S/C14H20N4O/c1-13(2,3)16-12-17-14(19-18(12)15)9-8-10-6-4-5-7-11(10)14/h4-7H,8-9,15H2,1-3H3,(H,16,17). The Morgan fingerprint density at radius 1 is 1.37 bits per heavy atom. The number of aryl methyl sites for hydroxylation is 1. The minimum Gasteiger partial charge on any atom is -0.349 e. The van der Waals surface area contributed by atoms with Crippen LogP contribution in [0.25, 0.3) is 0 Å². The Balaban J connectivity index is 1.96. The van der Waals surface area contributed by atoms with Crippen LogP contribution in [0, 0.1) is 0 Å². The predicted molar refractivity (Wildman–Crippen MR) is 73.9 cm³/mol. The molecule has 0 bridgehead atoms. The van der Waals surface area contributed by atoms with Crippen LogP contribution < -0.4 is 11.2 Å². The molecule has 3 N–H and O–H groups in total. The van der Waals surface area contributed by atoms with Crippen LogP contribution in [-0.2, 0) is 17.0 Å². The highest BCUT2D eigenvalue weighted by atomic mass is 16.7. The van der Waals surface area contributed by atoms with Crippen LogP contribution in [0.5, 0.6) is 0 Å². The van der Waals surface area contributed by atoms with E-state index in [0.717, 1.165) is 18.4 Å². The summed E-state index contributed by atoms with van der Waals surface area (Å²) in [5.41, 5.74) is 1.66. The van der Waals surface area contributed by atoms with Gasteiger partial charge in [-0.3, -0.25) is 0 Å². The lowest BCUT2D eigenvalue weighted by Crippen LogP contribution is -2.49. The van der Waals surface area contributed by atoms with E-state index in [4.69, 9.17) is 15.7 Å². The second-order valence-electron chi connectivity index (χ2n) is 6.17. The van der Waals surface area contributed by atoms with E-state index >= 15 is 0 Å². The van der Waals surface area contributed by atoms with E-state index in [1.54, 1.807) is 0 Å². The summed E-state index contributed by atoms with van der Waals surface area (Å²) in [6.07, 6.45) is 1.80. The number of hydrazine groups is 1. The van der Waals surface area contributed by atoms with Crippen LogP contribution in [0.4, 0.5) is 0 Å². The predicted octanol–water partition coefficient (Wildman–Crippen LogP) is 1.65. The molecule has 3 rings (SSSR count). The van der Waals surface area contributed by atoms with Gasteiger partial charge in [0.05, 0.1) is 0 Å². The number of nitrogens with one attached hydrogen (secondary N) is 1. The van der Waals surface area contributed by atoms with Crippen molar-refractivity contribution < 1.29 is 4.84 Å². The van der Waals surface area contributed by atoms with Gasteiger partial charge >= 0.3 is 0 Å². The van der Waals surface area contributed by atoms with Crippen molar-refractivity contribution in [3.05, 3.63) is 35.4 Å². The van der Waals surface area contributed by atoms with Gasteiger partial charge in [0.25, 0.3) is 0 Å². The van der Waals surface area contributed by atoms with Gasteiger partial charge in [0, 0.05) is 17.5 Å². The van der Waals surface area contributed by atoms with Gasteiger partial charge in [-0.2, -0.15) is 0 Å². The van der Waals surface area contributed by atoms with Crippen molar-refractivity contribution in [1.82, 2.24) is 10.5 Å². The van der Waals surface area contributed by atoms with Gasteiger partial charge in [-0.1, -0.05) is 24.3 Å². The number of rotatable bonds is 0. The first-order chi connectivity index (χ1) is 8.90.